The van der Waals surface area contributed by atoms with Gasteiger partial charge >= 0.3 is 0 Å². The lowest BCUT2D eigenvalue weighted by Gasteiger charge is -2.44. The number of nitrogens with zero attached hydrogens (tertiary/aromatic N) is 3. The van der Waals surface area contributed by atoms with Crippen LogP contribution in [0.25, 0.3) is 0 Å². The molecule has 1 saturated heterocycles. The molecule has 1 aliphatic heterocycles. The second-order valence-electron chi connectivity index (χ2n) is 11.5. The van der Waals surface area contributed by atoms with Gasteiger partial charge in [0.1, 0.15) is 0 Å². The molecule has 0 atom stereocenters. The fourth-order valence-electron chi connectivity index (χ4n) is 6.93. The van der Waals surface area contributed by atoms with Crippen molar-refractivity contribution >= 4 is 0 Å². The van der Waals surface area contributed by atoms with Gasteiger partial charge in [-0.25, -0.2) is 0 Å². The summed E-state index contributed by atoms with van der Waals surface area (Å²) >= 11 is 0. The highest BCUT2D eigenvalue weighted by Gasteiger charge is 2.26. The summed E-state index contributed by atoms with van der Waals surface area (Å²) in [5.74, 6) is 3.06. The van der Waals surface area contributed by atoms with Gasteiger partial charge < -0.3 is 0 Å². The summed E-state index contributed by atoms with van der Waals surface area (Å²) in [7, 11) is 0. The van der Waals surface area contributed by atoms with Crippen LogP contribution >= 0.6 is 0 Å². The Hall–Kier alpha value is -0.120. The third kappa shape index (κ3) is 7.78. The summed E-state index contributed by atoms with van der Waals surface area (Å²) in [6.45, 7) is 7.72. The molecule has 0 aromatic rings. The summed E-state index contributed by atoms with van der Waals surface area (Å²) in [5.41, 5.74) is 0. The molecule has 0 radical (unpaired) electrons. The fourth-order valence-corrected chi connectivity index (χ4v) is 6.93. The van der Waals surface area contributed by atoms with Gasteiger partial charge in [-0.05, 0) is 37.0 Å². The highest BCUT2D eigenvalue weighted by Crippen LogP contribution is 2.29. The van der Waals surface area contributed by atoms with Crippen molar-refractivity contribution in [2.24, 2.45) is 17.8 Å². The minimum atomic E-state index is 1.02. The Morgan fingerprint density at radius 3 is 0.900 bits per heavy atom. The van der Waals surface area contributed by atoms with Crippen molar-refractivity contribution in [2.75, 3.05) is 39.6 Å². The van der Waals surface area contributed by atoms with Crippen LogP contribution in [0, 0.1) is 17.8 Å². The van der Waals surface area contributed by atoms with E-state index in [-0.39, 0.29) is 0 Å². The van der Waals surface area contributed by atoms with E-state index in [1.807, 2.05) is 0 Å². The smallest absolute Gasteiger partial charge is 0.0529 e. The van der Waals surface area contributed by atoms with Gasteiger partial charge in [-0.3, -0.25) is 14.7 Å². The van der Waals surface area contributed by atoms with Crippen molar-refractivity contribution < 1.29 is 0 Å². The zero-order valence-electron chi connectivity index (χ0n) is 20.0. The van der Waals surface area contributed by atoms with Crippen LogP contribution in [-0.4, -0.2) is 54.3 Å². The van der Waals surface area contributed by atoms with Crippen LogP contribution < -0.4 is 0 Å². The first-order valence-electron chi connectivity index (χ1n) is 14.0. The van der Waals surface area contributed by atoms with E-state index < -0.39 is 0 Å². The molecule has 4 aliphatic rings. The molecule has 3 heteroatoms. The lowest BCUT2D eigenvalue weighted by atomic mass is 9.86. The average molecular weight is 418 g/mol. The normalized spacial score (nSPS) is 27.6. The monoisotopic (exact) mass is 417 g/mol. The zero-order valence-corrected chi connectivity index (χ0v) is 20.0. The molecule has 30 heavy (non-hydrogen) atoms. The molecule has 3 aliphatic carbocycles. The van der Waals surface area contributed by atoms with E-state index >= 15 is 0 Å². The molecular weight excluding hydrogens is 366 g/mol. The maximum atomic E-state index is 2.81. The van der Waals surface area contributed by atoms with Crippen molar-refractivity contribution in [3.8, 4) is 0 Å². The van der Waals surface area contributed by atoms with Gasteiger partial charge in [0, 0.05) is 19.6 Å². The standard InChI is InChI=1S/C27H51N3/c1-4-10-25(11-5-1)16-19-28-22-29(20-17-26-12-6-2-7-13-26)24-30(23-28)21-18-27-14-8-3-9-15-27/h25-27H,1-24H2. The lowest BCUT2D eigenvalue weighted by Crippen LogP contribution is -2.55. The summed E-state index contributed by atoms with van der Waals surface area (Å²) < 4.78 is 0. The first-order chi connectivity index (χ1) is 14.8. The molecule has 0 bridgehead atoms. The second-order valence-corrected chi connectivity index (χ2v) is 11.5. The van der Waals surface area contributed by atoms with E-state index in [0.717, 1.165) is 17.8 Å². The molecule has 4 rings (SSSR count). The van der Waals surface area contributed by atoms with Crippen LogP contribution in [0.2, 0.25) is 0 Å². The van der Waals surface area contributed by atoms with E-state index in [1.165, 1.54) is 155 Å². The topological polar surface area (TPSA) is 9.72 Å². The molecule has 0 aromatic heterocycles. The third-order valence-electron chi connectivity index (χ3n) is 8.93. The highest BCUT2D eigenvalue weighted by atomic mass is 15.5. The van der Waals surface area contributed by atoms with Crippen molar-refractivity contribution in [1.82, 2.24) is 14.7 Å². The van der Waals surface area contributed by atoms with Crippen LogP contribution in [0.5, 0.6) is 0 Å². The molecule has 3 nitrogen and oxygen atoms in total. The summed E-state index contributed by atoms with van der Waals surface area (Å²) in [5, 5.41) is 0. The second kappa shape index (κ2) is 12.8. The Bertz CT molecular complexity index is 376. The van der Waals surface area contributed by atoms with Gasteiger partial charge in [-0.2, -0.15) is 0 Å². The van der Waals surface area contributed by atoms with E-state index in [1.54, 1.807) is 0 Å². The molecule has 0 spiro atoms. The molecule has 0 unspecified atom stereocenters. The Labute approximate surface area is 187 Å². The minimum absolute atomic E-state index is 1.02. The van der Waals surface area contributed by atoms with E-state index in [9.17, 15) is 0 Å². The average Bonchev–Trinajstić information content (AvgIpc) is 2.82. The van der Waals surface area contributed by atoms with Crippen LogP contribution in [0.15, 0.2) is 0 Å². The molecule has 0 N–H and O–H groups in total. The molecule has 3 saturated carbocycles. The van der Waals surface area contributed by atoms with Gasteiger partial charge in [0.05, 0.1) is 20.0 Å². The first kappa shape index (κ1) is 23.1. The van der Waals surface area contributed by atoms with Gasteiger partial charge in [-0.15, -0.1) is 0 Å². The largest absolute Gasteiger partial charge is 0.277 e. The highest BCUT2D eigenvalue weighted by molar-refractivity contribution is 4.76. The maximum absolute atomic E-state index is 2.81. The Morgan fingerprint density at radius 1 is 0.367 bits per heavy atom. The maximum Gasteiger partial charge on any atom is 0.0529 e. The van der Waals surface area contributed by atoms with E-state index in [4.69, 9.17) is 0 Å². The van der Waals surface area contributed by atoms with Crippen molar-refractivity contribution in [3.05, 3.63) is 0 Å². The van der Waals surface area contributed by atoms with Crippen LogP contribution in [-0.2, 0) is 0 Å². The van der Waals surface area contributed by atoms with Crippen molar-refractivity contribution in [3.63, 3.8) is 0 Å². The Kier molecular flexibility index (Phi) is 9.83. The van der Waals surface area contributed by atoms with Gasteiger partial charge in [0.25, 0.3) is 0 Å². The lowest BCUT2D eigenvalue weighted by molar-refractivity contribution is -0.0369. The van der Waals surface area contributed by atoms with E-state index in [2.05, 4.69) is 14.7 Å². The Balaban J connectivity index is 1.24. The van der Waals surface area contributed by atoms with Crippen LogP contribution in [0.4, 0.5) is 0 Å². The van der Waals surface area contributed by atoms with Crippen LogP contribution in [0.3, 0.4) is 0 Å². The quantitative estimate of drug-likeness (QED) is 0.414. The van der Waals surface area contributed by atoms with Gasteiger partial charge in [0.15, 0.2) is 0 Å². The molecular formula is C27H51N3. The van der Waals surface area contributed by atoms with Crippen molar-refractivity contribution in [1.29, 1.82) is 0 Å². The molecule has 0 amide bonds. The van der Waals surface area contributed by atoms with Gasteiger partial charge in [-0.1, -0.05) is 96.3 Å². The predicted octanol–water partition coefficient (Wildman–Crippen LogP) is 6.69. The summed E-state index contributed by atoms with van der Waals surface area (Å²) in [4.78, 5) is 8.42. The molecule has 1 heterocycles. The molecule has 174 valence electrons. The number of hydrogen-bond acceptors (Lipinski definition) is 3. The fraction of sp³-hybridized carbons (Fsp3) is 1.00. The predicted molar refractivity (Wildman–Crippen MR) is 128 cm³/mol. The van der Waals surface area contributed by atoms with Crippen LogP contribution in [0.1, 0.15) is 116 Å². The summed E-state index contributed by atoms with van der Waals surface area (Å²) in [6, 6.07) is 0. The number of rotatable bonds is 9. The van der Waals surface area contributed by atoms with E-state index in [0.29, 0.717) is 0 Å². The minimum Gasteiger partial charge on any atom is -0.277 e. The summed E-state index contributed by atoms with van der Waals surface area (Å²) in [6.07, 6.45) is 26.8. The SMILES string of the molecule is C1CCC(CCN2CN(CCC3CCCCC3)CN(CCC3CCCCC3)C2)CC1. The van der Waals surface area contributed by atoms with Gasteiger partial charge in [0.2, 0.25) is 0 Å². The number of hydrogen-bond donors (Lipinski definition) is 0. The molecule has 0 aromatic carbocycles. The third-order valence-corrected chi connectivity index (χ3v) is 8.93. The zero-order chi connectivity index (χ0) is 20.4. The Morgan fingerprint density at radius 2 is 0.633 bits per heavy atom. The van der Waals surface area contributed by atoms with Crippen molar-refractivity contribution in [2.45, 2.75) is 116 Å². The molecule has 4 fully saturated rings. The first-order valence-corrected chi connectivity index (χ1v) is 14.0.